The van der Waals surface area contributed by atoms with Crippen molar-refractivity contribution in [1.82, 2.24) is 10.2 Å². The summed E-state index contributed by atoms with van der Waals surface area (Å²) in [6.07, 6.45) is 1.51. The van der Waals surface area contributed by atoms with Gasteiger partial charge < -0.3 is 15.2 Å². The third-order valence-electron chi connectivity index (χ3n) is 4.82. The van der Waals surface area contributed by atoms with Crippen LogP contribution in [0.1, 0.15) is 11.1 Å². The highest BCUT2D eigenvalue weighted by atomic mass is 35.5. The predicted octanol–water partition coefficient (Wildman–Crippen LogP) is 4.05. The van der Waals surface area contributed by atoms with Gasteiger partial charge in [0, 0.05) is 16.1 Å². The highest BCUT2D eigenvalue weighted by molar-refractivity contribution is 6.31. The molecule has 0 radical (unpaired) electrons. The average Bonchev–Trinajstić information content (AvgIpc) is 3.01. The molecule has 0 spiro atoms. The lowest BCUT2D eigenvalue weighted by Gasteiger charge is -2.13. The number of amides is 3. The van der Waals surface area contributed by atoms with Crippen molar-refractivity contribution in [2.24, 2.45) is 0 Å². The van der Waals surface area contributed by atoms with Gasteiger partial charge in [0.1, 0.15) is 24.6 Å². The van der Waals surface area contributed by atoms with Gasteiger partial charge in [-0.1, -0.05) is 60.1 Å². The number of carbonyl (C=O) groups is 3. The zero-order valence-corrected chi connectivity index (χ0v) is 16.9. The minimum atomic E-state index is -1.28. The van der Waals surface area contributed by atoms with E-state index in [2.05, 4.69) is 5.32 Å². The molecule has 156 valence electrons. The summed E-state index contributed by atoms with van der Waals surface area (Å²) in [6, 6.07) is 17.7. The van der Waals surface area contributed by atoms with Crippen molar-refractivity contribution in [3.05, 3.63) is 82.5 Å². The Labute approximate surface area is 182 Å². The van der Waals surface area contributed by atoms with Gasteiger partial charge in [0.15, 0.2) is 0 Å². The first kappa shape index (κ1) is 20.4. The van der Waals surface area contributed by atoms with Crippen molar-refractivity contribution < 1.29 is 24.2 Å². The van der Waals surface area contributed by atoms with E-state index in [0.29, 0.717) is 21.2 Å². The van der Waals surface area contributed by atoms with E-state index >= 15 is 0 Å². The van der Waals surface area contributed by atoms with Crippen LogP contribution in [0.2, 0.25) is 5.02 Å². The van der Waals surface area contributed by atoms with Gasteiger partial charge in [-0.2, -0.15) is 0 Å². The molecule has 0 unspecified atom stereocenters. The minimum Gasteiger partial charge on any atom is -0.488 e. The van der Waals surface area contributed by atoms with Crippen molar-refractivity contribution in [2.45, 2.75) is 6.61 Å². The highest BCUT2D eigenvalue weighted by Crippen LogP contribution is 2.32. The van der Waals surface area contributed by atoms with Crippen molar-refractivity contribution in [2.75, 3.05) is 6.54 Å². The van der Waals surface area contributed by atoms with Gasteiger partial charge in [0.05, 0.1) is 0 Å². The summed E-state index contributed by atoms with van der Waals surface area (Å²) in [6.45, 7) is -0.507. The van der Waals surface area contributed by atoms with E-state index in [-0.39, 0.29) is 12.3 Å². The number of fused-ring (bicyclic) bond motifs is 1. The topological polar surface area (TPSA) is 95.9 Å². The Bertz CT molecular complexity index is 1240. The SMILES string of the molecule is O=C(O)CN1C(=O)N/C(=C/c2c(OCc3ccccc3Cl)ccc3ccccc23)C1=O. The quantitative estimate of drug-likeness (QED) is 0.449. The fourth-order valence-electron chi connectivity index (χ4n) is 3.32. The van der Waals surface area contributed by atoms with Crippen LogP contribution in [0.5, 0.6) is 5.75 Å². The number of carbonyl (C=O) groups excluding carboxylic acids is 2. The molecule has 8 heteroatoms. The normalized spacial score (nSPS) is 14.9. The van der Waals surface area contributed by atoms with Crippen molar-refractivity contribution >= 4 is 46.4 Å². The lowest BCUT2D eigenvalue weighted by molar-refractivity contribution is -0.140. The first-order valence-corrected chi connectivity index (χ1v) is 9.76. The van der Waals surface area contributed by atoms with Gasteiger partial charge in [-0.25, -0.2) is 9.69 Å². The molecular weight excluding hydrogens is 420 g/mol. The zero-order valence-electron chi connectivity index (χ0n) is 16.2. The Balaban J connectivity index is 1.73. The number of nitrogens with one attached hydrogen (secondary N) is 1. The predicted molar refractivity (Wildman–Crippen MR) is 116 cm³/mol. The summed E-state index contributed by atoms with van der Waals surface area (Å²) in [5.41, 5.74) is 1.37. The van der Waals surface area contributed by atoms with Gasteiger partial charge in [0.2, 0.25) is 0 Å². The lowest BCUT2D eigenvalue weighted by Crippen LogP contribution is -2.35. The van der Waals surface area contributed by atoms with Crippen molar-refractivity contribution in [3.63, 3.8) is 0 Å². The number of halogens is 1. The smallest absolute Gasteiger partial charge is 0.329 e. The van der Waals surface area contributed by atoms with Crippen molar-refractivity contribution in [1.29, 1.82) is 0 Å². The summed E-state index contributed by atoms with van der Waals surface area (Å²) < 4.78 is 6.02. The van der Waals surface area contributed by atoms with E-state index in [1.165, 1.54) is 6.08 Å². The van der Waals surface area contributed by atoms with Gasteiger partial charge in [-0.05, 0) is 29.0 Å². The molecule has 7 nitrogen and oxygen atoms in total. The number of ether oxygens (including phenoxy) is 1. The van der Waals surface area contributed by atoms with E-state index in [1.807, 2.05) is 48.5 Å². The van der Waals surface area contributed by atoms with Crippen LogP contribution < -0.4 is 10.1 Å². The second kappa shape index (κ2) is 8.49. The molecule has 3 aromatic rings. The highest BCUT2D eigenvalue weighted by Gasteiger charge is 2.35. The average molecular weight is 437 g/mol. The number of hydrogen-bond acceptors (Lipinski definition) is 4. The van der Waals surface area contributed by atoms with Crippen LogP contribution in [0, 0.1) is 0 Å². The number of hydrogen-bond donors (Lipinski definition) is 2. The number of urea groups is 1. The van der Waals surface area contributed by atoms with Crippen LogP contribution in [0.25, 0.3) is 16.8 Å². The molecule has 2 N–H and O–H groups in total. The van der Waals surface area contributed by atoms with E-state index in [1.54, 1.807) is 12.1 Å². The second-order valence-corrected chi connectivity index (χ2v) is 7.26. The Kier molecular flexibility index (Phi) is 5.60. The molecule has 1 aliphatic rings. The molecule has 3 amide bonds. The Morgan fingerprint density at radius 2 is 1.81 bits per heavy atom. The monoisotopic (exact) mass is 436 g/mol. The minimum absolute atomic E-state index is 0.0230. The molecule has 0 saturated carbocycles. The maximum atomic E-state index is 12.6. The standard InChI is InChI=1S/C23H17ClN2O5/c24-18-8-4-2-6-15(18)13-31-20-10-9-14-5-1-3-7-16(14)17(20)11-19-22(29)26(12-21(27)28)23(30)25-19/h1-11H,12-13H2,(H,25,30)(H,27,28)/b19-11+. The first-order valence-electron chi connectivity index (χ1n) is 9.38. The molecule has 0 aliphatic carbocycles. The zero-order chi connectivity index (χ0) is 22.0. The number of aliphatic carboxylic acids is 1. The van der Waals surface area contributed by atoms with Crippen LogP contribution in [0.3, 0.4) is 0 Å². The van der Waals surface area contributed by atoms with Crippen LogP contribution in [-0.4, -0.2) is 34.5 Å². The van der Waals surface area contributed by atoms with Gasteiger partial charge >= 0.3 is 12.0 Å². The van der Waals surface area contributed by atoms with Crippen LogP contribution in [0.4, 0.5) is 4.79 Å². The fourth-order valence-corrected chi connectivity index (χ4v) is 3.51. The number of imide groups is 1. The molecule has 1 heterocycles. The fraction of sp³-hybridized carbons (Fsp3) is 0.0870. The molecule has 1 aliphatic heterocycles. The van der Waals surface area contributed by atoms with Crippen LogP contribution >= 0.6 is 11.6 Å². The first-order chi connectivity index (χ1) is 14.9. The van der Waals surface area contributed by atoms with Gasteiger partial charge in [-0.15, -0.1) is 0 Å². The largest absolute Gasteiger partial charge is 0.488 e. The molecule has 1 saturated heterocycles. The Morgan fingerprint density at radius 1 is 1.06 bits per heavy atom. The van der Waals surface area contributed by atoms with E-state index < -0.39 is 24.5 Å². The van der Waals surface area contributed by atoms with E-state index in [4.69, 9.17) is 21.4 Å². The van der Waals surface area contributed by atoms with Crippen molar-refractivity contribution in [3.8, 4) is 5.75 Å². The van der Waals surface area contributed by atoms with Crippen LogP contribution in [0.15, 0.2) is 66.4 Å². The van der Waals surface area contributed by atoms with Gasteiger partial charge in [-0.3, -0.25) is 9.59 Å². The Morgan fingerprint density at radius 3 is 2.58 bits per heavy atom. The molecule has 0 atom stereocenters. The molecule has 0 bridgehead atoms. The molecule has 1 fully saturated rings. The summed E-state index contributed by atoms with van der Waals surface area (Å²) in [7, 11) is 0. The van der Waals surface area contributed by atoms with E-state index in [9.17, 15) is 14.4 Å². The summed E-state index contributed by atoms with van der Waals surface area (Å²) in [5, 5.41) is 13.7. The molecule has 0 aromatic heterocycles. The van der Waals surface area contributed by atoms with Crippen LogP contribution in [-0.2, 0) is 16.2 Å². The maximum Gasteiger partial charge on any atom is 0.329 e. The number of carboxylic acids is 1. The summed E-state index contributed by atoms with van der Waals surface area (Å²) >= 11 is 6.22. The van der Waals surface area contributed by atoms with E-state index in [0.717, 1.165) is 16.3 Å². The maximum absolute atomic E-state index is 12.6. The Hall–Kier alpha value is -3.84. The summed E-state index contributed by atoms with van der Waals surface area (Å²) in [5.74, 6) is -1.50. The lowest BCUT2D eigenvalue weighted by atomic mass is 10.0. The third kappa shape index (κ3) is 4.22. The molecular formula is C23H17ClN2O5. The third-order valence-corrected chi connectivity index (χ3v) is 5.18. The summed E-state index contributed by atoms with van der Waals surface area (Å²) in [4.78, 5) is 36.2. The number of carboxylic acid groups (broad SMARTS) is 1. The van der Waals surface area contributed by atoms with Gasteiger partial charge in [0.25, 0.3) is 5.91 Å². The number of rotatable bonds is 6. The second-order valence-electron chi connectivity index (χ2n) is 6.85. The molecule has 3 aromatic carbocycles. The number of benzene rings is 3. The number of nitrogens with zero attached hydrogens (tertiary/aromatic N) is 1. The molecule has 4 rings (SSSR count). The molecule has 31 heavy (non-hydrogen) atoms.